The summed E-state index contributed by atoms with van der Waals surface area (Å²) < 4.78 is 27.1. The second-order valence-electron chi connectivity index (χ2n) is 15.0. The number of aryl methyl sites for hydroxylation is 1. The molecule has 0 aliphatic carbocycles. The molecule has 0 aliphatic heterocycles. The molecule has 51 heavy (non-hydrogen) atoms. The number of hydrogen-bond acceptors (Lipinski definition) is 3. The normalized spacial score (nSPS) is 12.6. The smallest absolute Gasteiger partial charge is 0 e. The van der Waals surface area contributed by atoms with E-state index < -0.39 is 20.1 Å². The SMILES string of the molecule is CC(C)Cc1ccnc(-c2[c-]cc3sc4ccc(-c5ccccc5)cc4c3c2)c1.[2H]C([2H])([2H])c1c[c-]c(-c2cc[c]([Ge]([CH3])([CH3])[CH3])cn2)cc1CC(C)C.[Ir]. The van der Waals surface area contributed by atoms with Crippen LogP contribution in [0, 0.1) is 30.8 Å². The van der Waals surface area contributed by atoms with Crippen molar-refractivity contribution in [3.63, 3.8) is 0 Å². The van der Waals surface area contributed by atoms with Crippen LogP contribution in [0.2, 0.25) is 17.3 Å². The number of fused-ring (bicyclic) bond motifs is 3. The molecule has 0 unspecified atom stereocenters. The van der Waals surface area contributed by atoms with Gasteiger partial charge in [0, 0.05) is 31.0 Å². The fraction of sp³-hybridized carbons (Fsp3) is 0.261. The van der Waals surface area contributed by atoms with Crippen LogP contribution in [-0.2, 0) is 32.9 Å². The second-order valence-corrected chi connectivity index (χ2v) is 26.8. The number of nitrogens with zero attached hydrogens (tertiary/aromatic N) is 2. The predicted octanol–water partition coefficient (Wildman–Crippen LogP) is 12.4. The summed E-state index contributed by atoms with van der Waals surface area (Å²) in [7, 11) is 0. The predicted molar refractivity (Wildman–Crippen MR) is 220 cm³/mol. The fourth-order valence-corrected chi connectivity index (χ4v) is 9.41. The molecule has 0 amide bonds. The standard InChI is InChI=1S/C27H22NS.C19H26GeN.Ir/c1-18(2)14-19-12-13-28-25(15-19)22-9-11-27-24(17-22)23-16-21(8-10-26(23)29-27)20-6-4-3-5-7-20;1-14(2)11-17-12-16(8-7-15(17)3)19-10-9-18(13-21-19)20(4,5)6;/h3-8,10-13,15-18H,14H2,1-2H3;7,9-10,12-14H,11H2,1-6H3;/q2*-1;/i;3D3;. The van der Waals surface area contributed by atoms with Crippen LogP contribution in [0.3, 0.4) is 0 Å². The Labute approximate surface area is 329 Å². The Morgan fingerprint density at radius 2 is 1.43 bits per heavy atom. The fourth-order valence-electron chi connectivity index (χ4n) is 6.19. The summed E-state index contributed by atoms with van der Waals surface area (Å²) in [5, 5.41) is 2.59. The molecule has 263 valence electrons. The first-order valence-electron chi connectivity index (χ1n) is 19.1. The summed E-state index contributed by atoms with van der Waals surface area (Å²) in [6, 6.07) is 40.4. The summed E-state index contributed by atoms with van der Waals surface area (Å²) in [5.41, 5.74) is 8.90. The molecule has 5 heteroatoms. The van der Waals surface area contributed by atoms with Crippen molar-refractivity contribution in [2.24, 2.45) is 11.8 Å². The van der Waals surface area contributed by atoms with Crippen LogP contribution in [-0.4, -0.2) is 23.2 Å². The Morgan fingerprint density at radius 1 is 0.706 bits per heavy atom. The van der Waals surface area contributed by atoms with Crippen LogP contribution in [0.25, 0.3) is 53.8 Å². The van der Waals surface area contributed by atoms with Crippen LogP contribution in [0.4, 0.5) is 0 Å². The maximum atomic E-state index is 7.73. The molecule has 0 fully saturated rings. The zero-order valence-corrected chi connectivity index (χ0v) is 35.9. The van der Waals surface area contributed by atoms with Gasteiger partial charge in [0.05, 0.1) is 0 Å². The number of benzene rings is 4. The van der Waals surface area contributed by atoms with Crippen molar-refractivity contribution >= 4 is 49.2 Å². The average Bonchev–Trinajstić information content (AvgIpc) is 3.48. The number of rotatable bonds is 8. The molecule has 7 aromatic rings. The van der Waals surface area contributed by atoms with Gasteiger partial charge in [0.1, 0.15) is 0 Å². The minimum absolute atomic E-state index is 0. The monoisotopic (exact) mass is 930 g/mol. The maximum absolute atomic E-state index is 7.73. The van der Waals surface area contributed by atoms with E-state index in [1.807, 2.05) is 35.9 Å². The molecule has 2 nitrogen and oxygen atoms in total. The van der Waals surface area contributed by atoms with Crippen molar-refractivity contribution in [2.45, 2.75) is 64.7 Å². The van der Waals surface area contributed by atoms with Crippen LogP contribution in [0.1, 0.15) is 48.5 Å². The molecular weight excluding hydrogens is 877 g/mol. The van der Waals surface area contributed by atoms with Crippen molar-refractivity contribution in [3.8, 4) is 33.6 Å². The van der Waals surface area contributed by atoms with Crippen molar-refractivity contribution in [1.82, 2.24) is 9.97 Å². The van der Waals surface area contributed by atoms with Crippen molar-refractivity contribution in [2.75, 3.05) is 0 Å². The van der Waals surface area contributed by atoms with Crippen molar-refractivity contribution < 1.29 is 24.2 Å². The van der Waals surface area contributed by atoms with E-state index >= 15 is 0 Å². The molecule has 0 N–H and O–H groups in total. The molecule has 7 rings (SSSR count). The number of thiophene rings is 1. The van der Waals surface area contributed by atoms with Gasteiger partial charge in [-0.25, -0.2) is 0 Å². The van der Waals surface area contributed by atoms with Gasteiger partial charge in [0.2, 0.25) is 0 Å². The Kier molecular flexibility index (Phi) is 11.5. The van der Waals surface area contributed by atoms with E-state index in [4.69, 9.17) is 4.11 Å². The first kappa shape index (κ1) is 34.7. The zero-order valence-electron chi connectivity index (χ0n) is 33.6. The molecule has 4 aromatic carbocycles. The van der Waals surface area contributed by atoms with E-state index in [0.29, 0.717) is 17.4 Å². The van der Waals surface area contributed by atoms with Crippen LogP contribution in [0.5, 0.6) is 0 Å². The molecule has 0 saturated carbocycles. The molecule has 0 spiro atoms. The molecular formula is C46H48GeIrN2S-2. The Bertz CT molecular complexity index is 2330. The van der Waals surface area contributed by atoms with E-state index in [1.165, 1.54) is 41.3 Å². The molecule has 1 radical (unpaired) electrons. The van der Waals surface area contributed by atoms with Gasteiger partial charge >= 0.3 is 136 Å². The van der Waals surface area contributed by atoms with E-state index in [9.17, 15) is 0 Å². The molecule has 0 atom stereocenters. The molecule has 0 aliphatic rings. The van der Waals surface area contributed by atoms with Crippen LogP contribution in [0.15, 0.2) is 109 Å². The van der Waals surface area contributed by atoms with Gasteiger partial charge in [-0.2, -0.15) is 11.3 Å². The summed E-state index contributed by atoms with van der Waals surface area (Å²) in [6.07, 6.45) is 5.71. The summed E-state index contributed by atoms with van der Waals surface area (Å²) in [6.45, 7) is 6.60. The van der Waals surface area contributed by atoms with E-state index in [0.717, 1.165) is 40.9 Å². The number of hydrogen-bond donors (Lipinski definition) is 0. The molecule has 0 saturated heterocycles. The van der Waals surface area contributed by atoms with E-state index in [2.05, 4.69) is 146 Å². The largest absolute Gasteiger partial charge is 0 e. The van der Waals surface area contributed by atoms with Gasteiger partial charge in [-0.1, -0.05) is 67.3 Å². The molecule has 3 heterocycles. The van der Waals surface area contributed by atoms with Crippen LogP contribution >= 0.6 is 11.3 Å². The minimum Gasteiger partial charge on any atom is 0 e. The third-order valence-corrected chi connectivity index (χ3v) is 14.2. The van der Waals surface area contributed by atoms with Gasteiger partial charge in [-0.15, -0.1) is 23.8 Å². The van der Waals surface area contributed by atoms with Gasteiger partial charge < -0.3 is 4.98 Å². The van der Waals surface area contributed by atoms with Gasteiger partial charge in [-0.3, -0.25) is 0 Å². The first-order chi connectivity index (χ1) is 25.2. The molecule has 0 bridgehead atoms. The van der Waals surface area contributed by atoms with Gasteiger partial charge in [0.15, 0.2) is 0 Å². The molecule has 3 aromatic heterocycles. The Morgan fingerprint density at radius 3 is 2.12 bits per heavy atom. The second kappa shape index (κ2) is 16.9. The topological polar surface area (TPSA) is 25.8 Å². The average molecular weight is 929 g/mol. The third-order valence-electron chi connectivity index (χ3n) is 8.82. The Hall–Kier alpha value is -3.41. The van der Waals surface area contributed by atoms with Gasteiger partial charge in [0.25, 0.3) is 0 Å². The Balaban J connectivity index is 0.000000208. The first-order valence-corrected chi connectivity index (χ1v) is 25.7. The summed E-state index contributed by atoms with van der Waals surface area (Å²) >= 11 is -0.0417. The summed E-state index contributed by atoms with van der Waals surface area (Å²) in [5.74, 6) is 8.05. The minimum atomic E-state index is -2.10. The van der Waals surface area contributed by atoms with Crippen molar-refractivity contribution in [3.05, 3.63) is 138 Å². The van der Waals surface area contributed by atoms with E-state index in [1.54, 1.807) is 6.07 Å². The third kappa shape index (κ3) is 9.73. The van der Waals surface area contributed by atoms with Gasteiger partial charge in [-0.05, 0) is 57.4 Å². The maximum Gasteiger partial charge on any atom is 0 e. The zero-order chi connectivity index (χ0) is 37.9. The van der Waals surface area contributed by atoms with Crippen molar-refractivity contribution in [1.29, 1.82) is 0 Å². The summed E-state index contributed by atoms with van der Waals surface area (Å²) in [4.78, 5) is 9.23. The number of pyridine rings is 2. The van der Waals surface area contributed by atoms with Crippen LogP contribution < -0.4 is 4.40 Å². The van der Waals surface area contributed by atoms with E-state index in [-0.39, 0.29) is 20.1 Å². The number of aromatic nitrogens is 2. The quantitative estimate of drug-likeness (QED) is 0.112.